The summed E-state index contributed by atoms with van der Waals surface area (Å²) < 4.78 is 0. The van der Waals surface area contributed by atoms with Gasteiger partial charge in [0.05, 0.1) is 5.92 Å². The van der Waals surface area contributed by atoms with E-state index >= 15 is 0 Å². The third kappa shape index (κ3) is 2.36. The molecule has 0 saturated heterocycles. The van der Waals surface area contributed by atoms with Crippen LogP contribution in [-0.2, 0) is 4.79 Å². The van der Waals surface area contributed by atoms with Crippen molar-refractivity contribution in [2.45, 2.75) is 39.0 Å². The first-order chi connectivity index (χ1) is 5.74. The lowest BCUT2D eigenvalue weighted by atomic mass is 9.85. The Morgan fingerprint density at radius 2 is 2.50 bits per heavy atom. The Hall–Kier alpha value is -0.790. The van der Waals surface area contributed by atoms with Crippen molar-refractivity contribution >= 4 is 5.97 Å². The molecule has 1 unspecified atom stereocenters. The molecule has 0 bridgehead atoms. The van der Waals surface area contributed by atoms with Crippen LogP contribution in [-0.4, -0.2) is 11.1 Å². The van der Waals surface area contributed by atoms with E-state index in [2.05, 4.69) is 13.0 Å². The molecule has 2 nitrogen and oxygen atoms in total. The molecular formula is C10H16O2. The third-order valence-corrected chi connectivity index (χ3v) is 2.40. The second kappa shape index (κ2) is 4.29. The van der Waals surface area contributed by atoms with Crippen LogP contribution in [0.2, 0.25) is 0 Å². The first kappa shape index (κ1) is 9.30. The molecule has 68 valence electrons. The maximum Gasteiger partial charge on any atom is 0.306 e. The predicted molar refractivity (Wildman–Crippen MR) is 48.0 cm³/mol. The molecule has 1 N–H and O–H groups in total. The second-order valence-corrected chi connectivity index (χ2v) is 3.40. The Morgan fingerprint density at radius 3 is 3.08 bits per heavy atom. The van der Waals surface area contributed by atoms with Crippen LogP contribution >= 0.6 is 0 Å². The molecular weight excluding hydrogens is 152 g/mol. The molecule has 0 radical (unpaired) electrons. The molecule has 1 atom stereocenters. The Morgan fingerprint density at radius 1 is 1.75 bits per heavy atom. The van der Waals surface area contributed by atoms with Gasteiger partial charge in [-0.05, 0) is 32.1 Å². The van der Waals surface area contributed by atoms with Gasteiger partial charge >= 0.3 is 5.97 Å². The van der Waals surface area contributed by atoms with Crippen LogP contribution in [0.4, 0.5) is 0 Å². The van der Waals surface area contributed by atoms with Gasteiger partial charge in [-0.2, -0.15) is 0 Å². The van der Waals surface area contributed by atoms with E-state index in [0.717, 1.165) is 32.1 Å². The summed E-state index contributed by atoms with van der Waals surface area (Å²) >= 11 is 0. The highest BCUT2D eigenvalue weighted by Gasteiger charge is 2.22. The van der Waals surface area contributed by atoms with Crippen LogP contribution in [0, 0.1) is 5.92 Å². The van der Waals surface area contributed by atoms with E-state index in [1.165, 1.54) is 5.57 Å². The number of hydrogen-bond donors (Lipinski definition) is 1. The minimum atomic E-state index is -0.628. The van der Waals surface area contributed by atoms with Crippen molar-refractivity contribution in [1.29, 1.82) is 0 Å². The highest BCUT2D eigenvalue weighted by molar-refractivity contribution is 5.70. The SMILES string of the molecule is CCC=C1CCCC(C(=O)O)C1. The van der Waals surface area contributed by atoms with Crippen molar-refractivity contribution in [1.82, 2.24) is 0 Å². The van der Waals surface area contributed by atoms with Gasteiger partial charge in [-0.15, -0.1) is 0 Å². The van der Waals surface area contributed by atoms with Crippen molar-refractivity contribution in [2.75, 3.05) is 0 Å². The van der Waals surface area contributed by atoms with E-state index in [0.29, 0.717) is 0 Å². The van der Waals surface area contributed by atoms with E-state index in [-0.39, 0.29) is 5.92 Å². The van der Waals surface area contributed by atoms with Gasteiger partial charge in [0.15, 0.2) is 0 Å². The van der Waals surface area contributed by atoms with Crippen molar-refractivity contribution in [3.63, 3.8) is 0 Å². The Bertz CT molecular complexity index is 194. The van der Waals surface area contributed by atoms with Crippen molar-refractivity contribution in [2.24, 2.45) is 5.92 Å². The summed E-state index contributed by atoms with van der Waals surface area (Å²) in [6.07, 6.45) is 7.00. The number of hydrogen-bond acceptors (Lipinski definition) is 1. The van der Waals surface area contributed by atoms with Crippen LogP contribution in [0.1, 0.15) is 39.0 Å². The molecule has 2 heteroatoms. The summed E-state index contributed by atoms with van der Waals surface area (Å²) in [4.78, 5) is 10.7. The predicted octanol–water partition coefficient (Wildman–Crippen LogP) is 2.60. The molecule has 0 aliphatic heterocycles. The lowest BCUT2D eigenvalue weighted by Crippen LogP contribution is -2.17. The maximum atomic E-state index is 10.7. The van der Waals surface area contributed by atoms with Crippen LogP contribution in [0.3, 0.4) is 0 Å². The monoisotopic (exact) mass is 168 g/mol. The van der Waals surface area contributed by atoms with E-state index in [1.54, 1.807) is 0 Å². The average molecular weight is 168 g/mol. The highest BCUT2D eigenvalue weighted by Crippen LogP contribution is 2.28. The molecule has 1 aliphatic carbocycles. The van der Waals surface area contributed by atoms with Gasteiger partial charge in [-0.1, -0.05) is 18.6 Å². The topological polar surface area (TPSA) is 37.3 Å². The minimum absolute atomic E-state index is 0.114. The van der Waals surface area contributed by atoms with Gasteiger partial charge in [0.2, 0.25) is 0 Å². The standard InChI is InChI=1S/C10H16O2/c1-2-4-8-5-3-6-9(7-8)10(11)12/h4,9H,2-3,5-7H2,1H3,(H,11,12). The summed E-state index contributed by atoms with van der Waals surface area (Å²) in [5, 5.41) is 8.80. The summed E-state index contributed by atoms with van der Waals surface area (Å²) in [6, 6.07) is 0. The molecule has 1 fully saturated rings. The molecule has 1 aliphatic rings. The van der Waals surface area contributed by atoms with Crippen molar-refractivity contribution in [3.8, 4) is 0 Å². The van der Waals surface area contributed by atoms with Gasteiger partial charge in [-0.25, -0.2) is 0 Å². The Kier molecular flexibility index (Phi) is 3.32. The lowest BCUT2D eigenvalue weighted by Gasteiger charge is -2.20. The summed E-state index contributed by atoms with van der Waals surface area (Å²) in [6.45, 7) is 2.09. The number of carbonyl (C=O) groups is 1. The van der Waals surface area contributed by atoms with Crippen LogP contribution in [0.5, 0.6) is 0 Å². The largest absolute Gasteiger partial charge is 0.481 e. The van der Waals surface area contributed by atoms with Gasteiger partial charge in [0.1, 0.15) is 0 Å². The molecule has 0 heterocycles. The Labute approximate surface area is 73.3 Å². The summed E-state index contributed by atoms with van der Waals surface area (Å²) in [5.41, 5.74) is 1.34. The zero-order valence-corrected chi connectivity index (χ0v) is 7.55. The van der Waals surface area contributed by atoms with E-state index in [4.69, 9.17) is 5.11 Å². The van der Waals surface area contributed by atoms with E-state index < -0.39 is 5.97 Å². The molecule has 0 aromatic rings. The fourth-order valence-electron chi connectivity index (χ4n) is 1.78. The van der Waals surface area contributed by atoms with Crippen molar-refractivity contribution in [3.05, 3.63) is 11.6 Å². The molecule has 12 heavy (non-hydrogen) atoms. The number of carboxylic acids is 1. The first-order valence-electron chi connectivity index (χ1n) is 4.64. The second-order valence-electron chi connectivity index (χ2n) is 3.40. The van der Waals surface area contributed by atoms with Gasteiger partial charge < -0.3 is 5.11 Å². The van der Waals surface area contributed by atoms with Crippen molar-refractivity contribution < 1.29 is 9.90 Å². The van der Waals surface area contributed by atoms with Gasteiger partial charge in [-0.3, -0.25) is 4.79 Å². The molecule has 0 amide bonds. The molecule has 1 saturated carbocycles. The fraction of sp³-hybridized carbons (Fsp3) is 0.700. The molecule has 0 aromatic heterocycles. The minimum Gasteiger partial charge on any atom is -0.481 e. The Balaban J connectivity index is 2.51. The van der Waals surface area contributed by atoms with Crippen LogP contribution in [0.25, 0.3) is 0 Å². The number of rotatable bonds is 2. The smallest absolute Gasteiger partial charge is 0.306 e. The normalized spacial score (nSPS) is 27.4. The fourth-order valence-corrected chi connectivity index (χ4v) is 1.78. The maximum absolute atomic E-state index is 10.7. The lowest BCUT2D eigenvalue weighted by molar-refractivity contribution is -0.142. The number of carboxylic acid groups (broad SMARTS) is 1. The van der Waals surface area contributed by atoms with Crippen LogP contribution < -0.4 is 0 Å². The number of allylic oxidation sites excluding steroid dienone is 2. The third-order valence-electron chi connectivity index (χ3n) is 2.40. The molecule has 0 aromatic carbocycles. The zero-order valence-electron chi connectivity index (χ0n) is 7.55. The zero-order chi connectivity index (χ0) is 8.97. The quantitative estimate of drug-likeness (QED) is 0.643. The average Bonchev–Trinajstić information content (AvgIpc) is 2.05. The highest BCUT2D eigenvalue weighted by atomic mass is 16.4. The van der Waals surface area contributed by atoms with Gasteiger partial charge in [0.25, 0.3) is 0 Å². The molecule has 1 rings (SSSR count). The number of aliphatic carboxylic acids is 1. The van der Waals surface area contributed by atoms with Crippen LogP contribution in [0.15, 0.2) is 11.6 Å². The van der Waals surface area contributed by atoms with E-state index in [1.807, 2.05) is 0 Å². The van der Waals surface area contributed by atoms with E-state index in [9.17, 15) is 4.79 Å². The van der Waals surface area contributed by atoms with Gasteiger partial charge in [0, 0.05) is 0 Å². The molecule has 0 spiro atoms. The first-order valence-corrected chi connectivity index (χ1v) is 4.64. The summed E-state index contributed by atoms with van der Waals surface area (Å²) in [5.74, 6) is -0.742. The summed E-state index contributed by atoms with van der Waals surface area (Å²) in [7, 11) is 0.